The van der Waals surface area contributed by atoms with E-state index in [4.69, 9.17) is 11.6 Å². The van der Waals surface area contributed by atoms with E-state index in [0.29, 0.717) is 0 Å². The Hall–Kier alpha value is -2.40. The number of nitrogens with one attached hydrogen (secondary N) is 1. The number of halogens is 2. The van der Waals surface area contributed by atoms with Crippen molar-refractivity contribution in [3.63, 3.8) is 0 Å². The number of fused-ring (bicyclic) bond motifs is 1. The number of nitrogens with zero attached hydrogens (tertiary/aromatic N) is 1. The maximum absolute atomic E-state index is 13.7. The summed E-state index contributed by atoms with van der Waals surface area (Å²) in [6.07, 6.45) is 0.773. The van der Waals surface area contributed by atoms with Crippen LogP contribution in [0.4, 0.5) is 10.1 Å². The molecule has 3 rings (SSSR count). The minimum absolute atomic E-state index is 0.0137. The van der Waals surface area contributed by atoms with Crippen LogP contribution in [0.15, 0.2) is 42.5 Å². The van der Waals surface area contributed by atoms with E-state index in [-0.39, 0.29) is 29.1 Å². The van der Waals surface area contributed by atoms with Crippen LogP contribution in [0, 0.1) is 5.82 Å². The summed E-state index contributed by atoms with van der Waals surface area (Å²) in [5.41, 5.74) is 1.71. The quantitative estimate of drug-likeness (QED) is 0.928. The lowest BCUT2D eigenvalue weighted by Crippen LogP contribution is -2.43. The molecule has 1 unspecified atom stereocenters. The van der Waals surface area contributed by atoms with Crippen molar-refractivity contribution in [2.24, 2.45) is 0 Å². The zero-order chi connectivity index (χ0) is 17.3. The molecule has 1 N–H and O–H groups in total. The van der Waals surface area contributed by atoms with Crippen LogP contribution < -0.4 is 10.2 Å². The van der Waals surface area contributed by atoms with E-state index in [0.717, 1.165) is 23.7 Å². The van der Waals surface area contributed by atoms with Crippen molar-refractivity contribution in [1.29, 1.82) is 0 Å². The number of hydrogen-bond acceptors (Lipinski definition) is 2. The molecule has 2 aromatic carbocycles. The molecule has 0 spiro atoms. The van der Waals surface area contributed by atoms with Crippen LogP contribution in [0.2, 0.25) is 5.02 Å². The van der Waals surface area contributed by atoms with Crippen LogP contribution in [-0.2, 0) is 11.2 Å². The predicted molar refractivity (Wildman–Crippen MR) is 90.8 cm³/mol. The van der Waals surface area contributed by atoms with Crippen molar-refractivity contribution < 1.29 is 14.0 Å². The van der Waals surface area contributed by atoms with Crippen LogP contribution in [0.5, 0.6) is 0 Å². The fourth-order valence-electron chi connectivity index (χ4n) is 2.99. The van der Waals surface area contributed by atoms with Gasteiger partial charge in [-0.15, -0.1) is 0 Å². The molecule has 1 aliphatic heterocycles. The third-order valence-electron chi connectivity index (χ3n) is 4.07. The second-order valence-electron chi connectivity index (χ2n) is 5.72. The number of carbonyl (C=O) groups excluding carboxylic acids is 2. The number of amides is 2. The zero-order valence-electron chi connectivity index (χ0n) is 13.1. The van der Waals surface area contributed by atoms with Gasteiger partial charge in [-0.25, -0.2) is 4.39 Å². The molecule has 0 saturated carbocycles. The number of para-hydroxylation sites is 1. The lowest BCUT2D eigenvalue weighted by molar-refractivity contribution is -0.118. The Kier molecular flexibility index (Phi) is 4.53. The first-order chi connectivity index (χ1) is 11.5. The third kappa shape index (κ3) is 2.99. The molecule has 0 aromatic heterocycles. The van der Waals surface area contributed by atoms with Gasteiger partial charge in [-0.3, -0.25) is 9.59 Å². The molecular weight excluding hydrogens is 331 g/mol. The SMILES string of the molecule is CC1Cc2ccccc2N1C(=O)CNC(=O)c1c(F)cccc1Cl. The van der Waals surface area contributed by atoms with E-state index in [2.05, 4.69) is 5.32 Å². The molecule has 0 fully saturated rings. The molecule has 0 radical (unpaired) electrons. The largest absolute Gasteiger partial charge is 0.343 e. The first kappa shape index (κ1) is 16.5. The molecule has 24 heavy (non-hydrogen) atoms. The number of carbonyl (C=O) groups is 2. The van der Waals surface area contributed by atoms with Crippen LogP contribution in [0.1, 0.15) is 22.8 Å². The van der Waals surface area contributed by atoms with Crippen molar-refractivity contribution in [2.45, 2.75) is 19.4 Å². The molecular formula is C18H16ClFN2O2. The Balaban J connectivity index is 1.71. The molecule has 1 atom stereocenters. The standard InChI is InChI=1S/C18H16ClFN2O2/c1-11-9-12-5-2-3-8-15(12)22(11)16(23)10-21-18(24)17-13(19)6-4-7-14(17)20/h2-8,11H,9-10H2,1H3,(H,21,24). The average molecular weight is 347 g/mol. The Morgan fingerprint density at radius 1 is 1.25 bits per heavy atom. The van der Waals surface area contributed by atoms with Gasteiger partial charge in [-0.1, -0.05) is 35.9 Å². The molecule has 0 saturated heterocycles. The third-order valence-corrected chi connectivity index (χ3v) is 4.38. The van der Waals surface area contributed by atoms with Crippen LogP contribution in [0.25, 0.3) is 0 Å². The molecule has 0 aliphatic carbocycles. The van der Waals surface area contributed by atoms with Gasteiger partial charge in [-0.2, -0.15) is 0 Å². The topological polar surface area (TPSA) is 49.4 Å². The number of anilines is 1. The van der Waals surface area contributed by atoms with Crippen molar-refractivity contribution in [1.82, 2.24) is 5.32 Å². The second kappa shape index (κ2) is 6.61. The van der Waals surface area contributed by atoms with Gasteiger partial charge in [0.15, 0.2) is 0 Å². The van der Waals surface area contributed by atoms with Crippen molar-refractivity contribution in [3.05, 3.63) is 64.4 Å². The van der Waals surface area contributed by atoms with Crippen LogP contribution >= 0.6 is 11.6 Å². The molecule has 2 aromatic rings. The van der Waals surface area contributed by atoms with Crippen LogP contribution in [-0.4, -0.2) is 24.4 Å². The molecule has 2 amide bonds. The second-order valence-corrected chi connectivity index (χ2v) is 6.13. The van der Waals surface area contributed by atoms with E-state index < -0.39 is 11.7 Å². The van der Waals surface area contributed by atoms with Crippen molar-refractivity contribution >= 4 is 29.1 Å². The zero-order valence-corrected chi connectivity index (χ0v) is 13.8. The highest BCUT2D eigenvalue weighted by Gasteiger charge is 2.30. The lowest BCUT2D eigenvalue weighted by Gasteiger charge is -2.23. The van der Waals surface area contributed by atoms with Gasteiger partial charge in [-0.05, 0) is 37.1 Å². The van der Waals surface area contributed by atoms with Crippen molar-refractivity contribution in [3.8, 4) is 0 Å². The molecule has 124 valence electrons. The average Bonchev–Trinajstić information content (AvgIpc) is 2.88. The Morgan fingerprint density at radius 3 is 2.75 bits per heavy atom. The van der Waals surface area contributed by atoms with Crippen molar-refractivity contribution in [2.75, 3.05) is 11.4 Å². The number of hydrogen-bond donors (Lipinski definition) is 1. The van der Waals surface area contributed by atoms with E-state index >= 15 is 0 Å². The molecule has 0 bridgehead atoms. The molecule has 4 nitrogen and oxygen atoms in total. The highest BCUT2D eigenvalue weighted by molar-refractivity contribution is 6.33. The maximum atomic E-state index is 13.7. The smallest absolute Gasteiger partial charge is 0.256 e. The van der Waals surface area contributed by atoms with E-state index in [1.165, 1.54) is 12.1 Å². The van der Waals surface area contributed by atoms with E-state index in [9.17, 15) is 14.0 Å². The number of rotatable bonds is 3. The molecule has 1 aliphatic rings. The minimum Gasteiger partial charge on any atom is -0.343 e. The Labute approximate surface area is 144 Å². The minimum atomic E-state index is -0.715. The maximum Gasteiger partial charge on any atom is 0.256 e. The summed E-state index contributed by atoms with van der Waals surface area (Å²) in [4.78, 5) is 26.3. The van der Waals surface area contributed by atoms with Crippen LogP contribution in [0.3, 0.4) is 0 Å². The summed E-state index contributed by atoms with van der Waals surface area (Å²) in [6.45, 7) is 1.73. The number of benzene rings is 2. The summed E-state index contributed by atoms with van der Waals surface area (Å²) >= 11 is 5.86. The normalized spacial score (nSPS) is 16.0. The molecule has 1 heterocycles. The van der Waals surface area contributed by atoms with Gasteiger partial charge in [0.05, 0.1) is 17.1 Å². The van der Waals surface area contributed by atoms with Gasteiger partial charge in [0.2, 0.25) is 5.91 Å². The monoisotopic (exact) mass is 346 g/mol. The summed E-state index contributed by atoms with van der Waals surface area (Å²) in [7, 11) is 0. The summed E-state index contributed by atoms with van der Waals surface area (Å²) in [5, 5.41) is 2.47. The fourth-order valence-corrected chi connectivity index (χ4v) is 3.24. The lowest BCUT2D eigenvalue weighted by atomic mass is 10.1. The predicted octanol–water partition coefficient (Wildman–Crippen LogP) is 3.19. The van der Waals surface area contributed by atoms with Gasteiger partial charge >= 0.3 is 0 Å². The van der Waals surface area contributed by atoms with Gasteiger partial charge in [0.1, 0.15) is 5.82 Å². The van der Waals surface area contributed by atoms with Gasteiger partial charge < -0.3 is 10.2 Å². The highest BCUT2D eigenvalue weighted by Crippen LogP contribution is 2.31. The molecule has 6 heteroatoms. The summed E-state index contributed by atoms with van der Waals surface area (Å²) < 4.78 is 13.7. The summed E-state index contributed by atoms with van der Waals surface area (Å²) in [5.74, 6) is -1.66. The Bertz CT molecular complexity index is 789. The Morgan fingerprint density at radius 2 is 2.00 bits per heavy atom. The van der Waals surface area contributed by atoms with E-state index in [1.807, 2.05) is 31.2 Å². The first-order valence-electron chi connectivity index (χ1n) is 7.61. The first-order valence-corrected chi connectivity index (χ1v) is 7.99. The fraction of sp³-hybridized carbons (Fsp3) is 0.222. The van der Waals surface area contributed by atoms with Gasteiger partial charge in [0, 0.05) is 11.7 Å². The highest BCUT2D eigenvalue weighted by atomic mass is 35.5. The van der Waals surface area contributed by atoms with E-state index in [1.54, 1.807) is 4.90 Å². The summed E-state index contributed by atoms with van der Waals surface area (Å²) in [6, 6.07) is 11.7. The van der Waals surface area contributed by atoms with Gasteiger partial charge in [0.25, 0.3) is 5.91 Å².